The molecular weight excluding hydrogens is 364 g/mol. The number of hydrazine groups is 1. The summed E-state index contributed by atoms with van der Waals surface area (Å²) >= 11 is 0.988. The van der Waals surface area contributed by atoms with Crippen molar-refractivity contribution in [3.8, 4) is 16.9 Å². The minimum Gasteiger partial charge on any atom is -0.483 e. The Labute approximate surface area is 160 Å². The van der Waals surface area contributed by atoms with Crippen LogP contribution >= 0.6 is 11.5 Å². The zero-order valence-electron chi connectivity index (χ0n) is 14.6. The fourth-order valence-electron chi connectivity index (χ4n) is 2.42. The Bertz CT molecular complexity index is 927. The molecule has 0 unspecified atom stereocenters. The van der Waals surface area contributed by atoms with Gasteiger partial charge in [0.05, 0.1) is 5.69 Å². The van der Waals surface area contributed by atoms with Crippen LogP contribution in [0, 0.1) is 0 Å². The molecule has 0 aliphatic heterocycles. The lowest BCUT2D eigenvalue weighted by atomic mass is 10.1. The summed E-state index contributed by atoms with van der Waals surface area (Å²) < 4.78 is 9.38. The number of carbonyl (C=O) groups is 2. The summed E-state index contributed by atoms with van der Waals surface area (Å²) in [5, 5.41) is 3.87. The maximum Gasteiger partial charge on any atom is 0.283 e. The van der Waals surface area contributed by atoms with E-state index in [-0.39, 0.29) is 6.61 Å². The first-order valence-electron chi connectivity index (χ1n) is 8.36. The predicted octanol–water partition coefficient (Wildman–Crippen LogP) is 2.61. The molecule has 138 valence electrons. The molecule has 0 saturated carbocycles. The van der Waals surface area contributed by atoms with Gasteiger partial charge >= 0.3 is 0 Å². The number of ether oxygens (including phenoxy) is 1. The molecule has 3 rings (SSSR count). The number of hydrogen-bond donors (Lipinski definition) is 2. The second-order valence-corrected chi connectivity index (χ2v) is 6.31. The van der Waals surface area contributed by atoms with Crippen LogP contribution in [0.5, 0.6) is 5.75 Å². The molecule has 7 nitrogen and oxygen atoms in total. The number of aromatic nitrogens is 2. The van der Waals surface area contributed by atoms with E-state index in [2.05, 4.69) is 20.4 Å². The van der Waals surface area contributed by atoms with Crippen LogP contribution in [0.3, 0.4) is 0 Å². The molecule has 1 aromatic heterocycles. The highest BCUT2D eigenvalue weighted by atomic mass is 32.1. The number of nitrogens with one attached hydrogen (secondary N) is 2. The van der Waals surface area contributed by atoms with Gasteiger partial charge < -0.3 is 4.74 Å². The summed E-state index contributed by atoms with van der Waals surface area (Å²) in [6.45, 7) is 1.65. The van der Waals surface area contributed by atoms with E-state index in [4.69, 9.17) is 4.74 Å². The highest BCUT2D eigenvalue weighted by Crippen LogP contribution is 2.29. The average Bonchev–Trinajstić information content (AvgIpc) is 3.20. The van der Waals surface area contributed by atoms with E-state index in [1.54, 1.807) is 6.07 Å². The average molecular weight is 382 g/mol. The third-order valence-electron chi connectivity index (χ3n) is 3.74. The van der Waals surface area contributed by atoms with Crippen LogP contribution in [0.15, 0.2) is 54.6 Å². The van der Waals surface area contributed by atoms with Gasteiger partial charge in [-0.05, 0) is 29.6 Å². The van der Waals surface area contributed by atoms with Crippen LogP contribution in [0.25, 0.3) is 11.1 Å². The molecule has 0 fully saturated rings. The summed E-state index contributed by atoms with van der Waals surface area (Å²) in [7, 11) is 0. The maximum absolute atomic E-state index is 12.1. The molecular formula is C19H18N4O3S. The lowest BCUT2D eigenvalue weighted by Crippen LogP contribution is -2.43. The van der Waals surface area contributed by atoms with Crippen molar-refractivity contribution in [1.82, 2.24) is 20.4 Å². The molecule has 2 amide bonds. The van der Waals surface area contributed by atoms with Crippen molar-refractivity contribution in [1.29, 1.82) is 0 Å². The minimum absolute atomic E-state index is 0.230. The molecule has 0 bridgehead atoms. The molecule has 3 aromatic rings. The normalized spacial score (nSPS) is 10.3. The van der Waals surface area contributed by atoms with Crippen molar-refractivity contribution in [2.45, 2.75) is 13.3 Å². The molecule has 0 saturated heterocycles. The van der Waals surface area contributed by atoms with Gasteiger partial charge in [-0.1, -0.05) is 59.9 Å². The molecule has 0 aliphatic rings. The molecule has 2 N–H and O–H groups in total. The van der Waals surface area contributed by atoms with Gasteiger partial charge in [0, 0.05) is 5.56 Å². The Kier molecular flexibility index (Phi) is 6.11. The standard InChI is InChI=1S/C19H18N4O3S/c1-2-15-18(27-23-20-15)19(25)22-21-17(24)12-26-16-11-7-6-10-14(16)13-8-4-3-5-9-13/h3-11H,2,12H2,1H3,(H,21,24)(H,22,25). The van der Waals surface area contributed by atoms with E-state index in [1.165, 1.54) is 0 Å². The van der Waals surface area contributed by atoms with E-state index in [1.807, 2.05) is 55.5 Å². The Morgan fingerprint density at radius 1 is 1.04 bits per heavy atom. The van der Waals surface area contributed by atoms with Crippen LogP contribution in [-0.2, 0) is 11.2 Å². The lowest BCUT2D eigenvalue weighted by Gasteiger charge is -2.12. The zero-order chi connectivity index (χ0) is 19.1. The van der Waals surface area contributed by atoms with Crippen LogP contribution in [0.2, 0.25) is 0 Å². The number of aryl methyl sites for hydroxylation is 1. The van der Waals surface area contributed by atoms with Crippen molar-refractivity contribution in [3.05, 3.63) is 65.2 Å². The predicted molar refractivity (Wildman–Crippen MR) is 102 cm³/mol. The van der Waals surface area contributed by atoms with Crippen molar-refractivity contribution < 1.29 is 14.3 Å². The number of para-hydroxylation sites is 1. The van der Waals surface area contributed by atoms with Crippen LogP contribution in [0.1, 0.15) is 22.3 Å². The highest BCUT2D eigenvalue weighted by molar-refractivity contribution is 7.08. The fourth-order valence-corrected chi connectivity index (χ4v) is 3.07. The number of amides is 2. The van der Waals surface area contributed by atoms with Crippen molar-refractivity contribution >= 4 is 23.3 Å². The summed E-state index contributed by atoms with van der Waals surface area (Å²) in [5.41, 5.74) is 7.17. The van der Waals surface area contributed by atoms with Gasteiger partial charge in [-0.2, -0.15) is 0 Å². The van der Waals surface area contributed by atoms with E-state index in [0.29, 0.717) is 22.7 Å². The molecule has 8 heteroatoms. The highest BCUT2D eigenvalue weighted by Gasteiger charge is 2.16. The Hall–Kier alpha value is -3.26. The summed E-state index contributed by atoms with van der Waals surface area (Å²) in [6.07, 6.45) is 0.590. The Morgan fingerprint density at radius 3 is 2.56 bits per heavy atom. The van der Waals surface area contributed by atoms with E-state index >= 15 is 0 Å². The van der Waals surface area contributed by atoms with Crippen LogP contribution < -0.4 is 15.6 Å². The van der Waals surface area contributed by atoms with Crippen molar-refractivity contribution in [2.75, 3.05) is 6.61 Å². The maximum atomic E-state index is 12.1. The number of carbonyl (C=O) groups excluding carboxylic acids is 2. The minimum atomic E-state index is -0.471. The summed E-state index contributed by atoms with van der Waals surface area (Å²) in [6, 6.07) is 17.2. The largest absolute Gasteiger partial charge is 0.483 e. The molecule has 0 spiro atoms. The van der Waals surface area contributed by atoms with Gasteiger partial charge in [0.2, 0.25) is 0 Å². The van der Waals surface area contributed by atoms with Gasteiger partial charge in [-0.15, -0.1) is 5.10 Å². The quantitative estimate of drug-likeness (QED) is 0.639. The molecule has 27 heavy (non-hydrogen) atoms. The lowest BCUT2D eigenvalue weighted by molar-refractivity contribution is -0.123. The number of hydrogen-bond acceptors (Lipinski definition) is 6. The second-order valence-electron chi connectivity index (χ2n) is 5.56. The molecule has 1 heterocycles. The third-order valence-corrected chi connectivity index (χ3v) is 4.51. The number of rotatable bonds is 6. The van der Waals surface area contributed by atoms with Gasteiger partial charge in [-0.3, -0.25) is 20.4 Å². The van der Waals surface area contributed by atoms with Gasteiger partial charge in [0.15, 0.2) is 6.61 Å². The molecule has 0 atom stereocenters. The first-order valence-corrected chi connectivity index (χ1v) is 9.14. The van der Waals surface area contributed by atoms with Crippen LogP contribution in [0.4, 0.5) is 0 Å². The van der Waals surface area contributed by atoms with Crippen molar-refractivity contribution in [3.63, 3.8) is 0 Å². The number of nitrogens with zero attached hydrogens (tertiary/aromatic N) is 2. The van der Waals surface area contributed by atoms with Crippen LogP contribution in [-0.4, -0.2) is 28.0 Å². The first-order chi connectivity index (χ1) is 13.2. The van der Waals surface area contributed by atoms with E-state index in [9.17, 15) is 9.59 Å². The molecule has 0 radical (unpaired) electrons. The van der Waals surface area contributed by atoms with E-state index < -0.39 is 11.8 Å². The van der Waals surface area contributed by atoms with E-state index in [0.717, 1.165) is 22.7 Å². The Morgan fingerprint density at radius 2 is 1.78 bits per heavy atom. The Balaban J connectivity index is 1.57. The topological polar surface area (TPSA) is 93.2 Å². The molecule has 0 aliphatic carbocycles. The second kappa shape index (κ2) is 8.91. The van der Waals surface area contributed by atoms with Gasteiger partial charge in [0.25, 0.3) is 11.8 Å². The van der Waals surface area contributed by atoms with Gasteiger partial charge in [0.1, 0.15) is 10.6 Å². The number of benzene rings is 2. The zero-order valence-corrected chi connectivity index (χ0v) is 15.5. The fraction of sp³-hybridized carbons (Fsp3) is 0.158. The smallest absolute Gasteiger partial charge is 0.283 e. The monoisotopic (exact) mass is 382 g/mol. The van der Waals surface area contributed by atoms with Crippen molar-refractivity contribution in [2.24, 2.45) is 0 Å². The first kappa shape index (κ1) is 18.5. The SMILES string of the molecule is CCc1nnsc1C(=O)NNC(=O)COc1ccccc1-c1ccccc1. The summed E-state index contributed by atoms with van der Waals surface area (Å²) in [4.78, 5) is 24.5. The third kappa shape index (κ3) is 4.68. The summed E-state index contributed by atoms with van der Waals surface area (Å²) in [5.74, 6) is -0.327. The molecule has 2 aromatic carbocycles. The van der Waals surface area contributed by atoms with Gasteiger partial charge in [-0.25, -0.2) is 0 Å².